The second-order valence-electron chi connectivity index (χ2n) is 7.71. The van der Waals surface area contributed by atoms with Gasteiger partial charge < -0.3 is 19.2 Å². The number of fused-ring (bicyclic) bond motifs is 1. The predicted molar refractivity (Wildman–Crippen MR) is 132 cm³/mol. The Hall–Kier alpha value is -4.10. The van der Waals surface area contributed by atoms with Crippen molar-refractivity contribution in [1.29, 1.82) is 0 Å². The van der Waals surface area contributed by atoms with Gasteiger partial charge in [-0.3, -0.25) is 0 Å². The third-order valence-electron chi connectivity index (χ3n) is 5.29. The molecule has 178 valence electrons. The second kappa shape index (κ2) is 10.9. The van der Waals surface area contributed by atoms with Crippen LogP contribution in [0, 0.1) is 0 Å². The van der Waals surface area contributed by atoms with Crippen LogP contribution < -0.4 is 15.7 Å². The van der Waals surface area contributed by atoms with Crippen molar-refractivity contribution >= 4 is 34.6 Å². The summed E-state index contributed by atoms with van der Waals surface area (Å²) in [4.78, 5) is 37.1. The van der Waals surface area contributed by atoms with Gasteiger partial charge in [0.1, 0.15) is 18.2 Å². The molecule has 0 fully saturated rings. The number of halogens is 1. The highest BCUT2D eigenvalue weighted by Crippen LogP contribution is 2.35. The van der Waals surface area contributed by atoms with E-state index in [4.69, 9.17) is 25.5 Å². The highest BCUT2D eigenvalue weighted by Gasteiger charge is 2.23. The lowest BCUT2D eigenvalue weighted by Gasteiger charge is -2.17. The molecule has 0 aliphatic rings. The van der Waals surface area contributed by atoms with Crippen molar-refractivity contribution in [2.24, 2.45) is 0 Å². The van der Waals surface area contributed by atoms with E-state index in [0.29, 0.717) is 10.9 Å². The molecule has 7 nitrogen and oxygen atoms in total. The van der Waals surface area contributed by atoms with Gasteiger partial charge in [-0.2, -0.15) is 0 Å². The molecule has 1 heterocycles. The van der Waals surface area contributed by atoms with Crippen molar-refractivity contribution in [3.8, 4) is 16.9 Å². The third kappa shape index (κ3) is 5.88. The number of amides is 1. The van der Waals surface area contributed by atoms with E-state index in [1.54, 1.807) is 13.0 Å². The highest BCUT2D eigenvalue weighted by molar-refractivity contribution is 6.33. The van der Waals surface area contributed by atoms with Crippen molar-refractivity contribution in [1.82, 2.24) is 5.32 Å². The second-order valence-corrected chi connectivity index (χ2v) is 8.12. The van der Waals surface area contributed by atoms with Gasteiger partial charge in [0.2, 0.25) is 0 Å². The highest BCUT2D eigenvalue weighted by atomic mass is 35.5. The Kier molecular flexibility index (Phi) is 7.48. The number of carbonyl (C=O) groups excluding carboxylic acids is 2. The van der Waals surface area contributed by atoms with E-state index in [2.05, 4.69) is 5.32 Å². The molecule has 35 heavy (non-hydrogen) atoms. The number of nitrogens with one attached hydrogen (secondary N) is 1. The van der Waals surface area contributed by atoms with E-state index >= 15 is 0 Å². The Morgan fingerprint density at radius 1 is 1.00 bits per heavy atom. The Balaban J connectivity index is 1.51. The van der Waals surface area contributed by atoms with Gasteiger partial charge in [0.25, 0.3) is 0 Å². The Labute approximate surface area is 206 Å². The smallest absolute Gasteiger partial charge is 0.408 e. The number of hydrogen-bond acceptors (Lipinski definition) is 6. The van der Waals surface area contributed by atoms with E-state index in [1.165, 1.54) is 12.1 Å². The maximum atomic E-state index is 12.8. The molecule has 1 aromatic heterocycles. The number of rotatable bonds is 7. The molecule has 1 N–H and O–H groups in total. The predicted octanol–water partition coefficient (Wildman–Crippen LogP) is 5.72. The van der Waals surface area contributed by atoms with Crippen LogP contribution in [-0.2, 0) is 16.1 Å². The lowest BCUT2D eigenvalue weighted by atomic mass is 10.0. The summed E-state index contributed by atoms with van der Waals surface area (Å²) in [6.45, 7) is 1.79. The largest absolute Gasteiger partial charge is 0.445 e. The quantitative estimate of drug-likeness (QED) is 0.202. The van der Waals surface area contributed by atoms with Crippen LogP contribution >= 0.6 is 11.6 Å². The van der Waals surface area contributed by atoms with Gasteiger partial charge in [-0.1, -0.05) is 79.2 Å². The van der Waals surface area contributed by atoms with E-state index in [-0.39, 0.29) is 29.4 Å². The van der Waals surface area contributed by atoms with Gasteiger partial charge in [0, 0.05) is 17.5 Å². The van der Waals surface area contributed by atoms with E-state index in [9.17, 15) is 14.4 Å². The van der Waals surface area contributed by atoms with E-state index in [0.717, 1.165) is 11.1 Å². The summed E-state index contributed by atoms with van der Waals surface area (Å²) >= 11 is 6.41. The number of hydrogen-bond donors (Lipinski definition) is 1. The van der Waals surface area contributed by atoms with Gasteiger partial charge in [0.05, 0.1) is 5.02 Å². The monoisotopic (exact) mass is 491 g/mol. The Bertz CT molecular complexity index is 1400. The maximum absolute atomic E-state index is 12.8. The molecule has 0 radical (unpaired) electrons. The maximum Gasteiger partial charge on any atom is 0.408 e. The first kappa shape index (κ1) is 24.0. The normalized spacial score (nSPS) is 11.6. The molecule has 0 aliphatic carbocycles. The van der Waals surface area contributed by atoms with Crippen molar-refractivity contribution < 1.29 is 23.5 Å². The molecule has 0 saturated heterocycles. The van der Waals surface area contributed by atoms with Crippen LogP contribution in [0.25, 0.3) is 22.1 Å². The summed E-state index contributed by atoms with van der Waals surface area (Å²) < 4.78 is 16.0. The number of carbonyl (C=O) groups is 2. The van der Waals surface area contributed by atoms with E-state index < -0.39 is 23.7 Å². The molecular formula is C27H22ClNO6. The molecule has 0 saturated carbocycles. The van der Waals surface area contributed by atoms with Crippen molar-refractivity contribution in [2.45, 2.75) is 26.0 Å². The SMILES string of the molecule is CC[C@H](NC(=O)OCc1ccccc1)C(=O)Oc1cc2oc(=O)cc(-c3ccccc3)c2cc1Cl. The number of ether oxygens (including phenoxy) is 2. The molecule has 3 aromatic carbocycles. The molecule has 4 aromatic rings. The van der Waals surface area contributed by atoms with Crippen LogP contribution in [0.5, 0.6) is 5.75 Å². The fraction of sp³-hybridized carbons (Fsp3) is 0.148. The zero-order valence-electron chi connectivity index (χ0n) is 18.8. The van der Waals surface area contributed by atoms with Crippen molar-refractivity contribution in [3.05, 3.63) is 99.9 Å². The van der Waals surface area contributed by atoms with Crippen LogP contribution in [0.1, 0.15) is 18.9 Å². The first-order valence-electron chi connectivity index (χ1n) is 11.0. The summed E-state index contributed by atoms with van der Waals surface area (Å²) in [5, 5.41) is 3.25. The minimum Gasteiger partial charge on any atom is -0.445 e. The number of esters is 1. The first-order chi connectivity index (χ1) is 16.9. The summed E-state index contributed by atoms with van der Waals surface area (Å²) in [7, 11) is 0. The molecule has 0 bridgehead atoms. The van der Waals surface area contributed by atoms with Crippen molar-refractivity contribution in [3.63, 3.8) is 0 Å². The molecule has 4 rings (SSSR count). The standard InChI is InChI=1S/C27H22ClNO6/c1-2-22(29-27(32)33-16-17-9-5-3-6-10-17)26(31)35-24-15-23-20(13-21(24)28)19(14-25(30)34-23)18-11-7-4-8-12-18/h3-15,22H,2,16H2,1H3,(H,29,32)/t22-/m0/s1. The zero-order valence-corrected chi connectivity index (χ0v) is 19.6. The molecular weight excluding hydrogens is 470 g/mol. The number of alkyl carbamates (subject to hydrolysis) is 1. The summed E-state index contributed by atoms with van der Waals surface area (Å²) in [6.07, 6.45) is -0.488. The zero-order chi connectivity index (χ0) is 24.8. The average Bonchev–Trinajstić information content (AvgIpc) is 2.87. The Morgan fingerprint density at radius 2 is 1.69 bits per heavy atom. The minimum atomic E-state index is -0.965. The van der Waals surface area contributed by atoms with Crippen LogP contribution in [0.4, 0.5) is 4.79 Å². The lowest BCUT2D eigenvalue weighted by Crippen LogP contribution is -2.42. The fourth-order valence-electron chi connectivity index (χ4n) is 3.51. The van der Waals surface area contributed by atoms with E-state index in [1.807, 2.05) is 60.7 Å². The van der Waals surface area contributed by atoms with Crippen molar-refractivity contribution in [2.75, 3.05) is 0 Å². The Morgan fingerprint density at radius 3 is 2.37 bits per heavy atom. The molecule has 1 atom stereocenters. The van der Waals surface area contributed by atoms with Gasteiger partial charge in [-0.25, -0.2) is 14.4 Å². The molecule has 1 amide bonds. The molecule has 0 aliphatic heterocycles. The topological polar surface area (TPSA) is 94.8 Å². The molecule has 8 heteroatoms. The van der Waals surface area contributed by atoms with Crippen LogP contribution in [-0.4, -0.2) is 18.1 Å². The number of benzene rings is 3. The minimum absolute atomic E-state index is 0.00966. The van der Waals surface area contributed by atoms with Crippen LogP contribution in [0.2, 0.25) is 5.02 Å². The van der Waals surface area contributed by atoms with Gasteiger partial charge in [-0.05, 0) is 29.2 Å². The van der Waals surface area contributed by atoms with Gasteiger partial charge >= 0.3 is 17.7 Å². The summed E-state index contributed by atoms with van der Waals surface area (Å²) in [5.74, 6) is -0.720. The fourth-order valence-corrected chi connectivity index (χ4v) is 3.71. The van der Waals surface area contributed by atoms with Crippen LogP contribution in [0.15, 0.2) is 88.1 Å². The van der Waals surface area contributed by atoms with Crippen LogP contribution in [0.3, 0.4) is 0 Å². The average molecular weight is 492 g/mol. The lowest BCUT2D eigenvalue weighted by molar-refractivity contribution is -0.136. The third-order valence-corrected chi connectivity index (χ3v) is 5.59. The summed E-state index contributed by atoms with van der Waals surface area (Å²) in [5.41, 5.74) is 1.94. The van der Waals surface area contributed by atoms with Gasteiger partial charge in [0.15, 0.2) is 5.75 Å². The first-order valence-corrected chi connectivity index (χ1v) is 11.3. The molecule has 0 unspecified atom stereocenters. The van der Waals surface area contributed by atoms with Gasteiger partial charge in [-0.15, -0.1) is 0 Å². The summed E-state index contributed by atoms with van der Waals surface area (Å²) in [6, 6.07) is 21.9. The molecule has 0 spiro atoms.